The Morgan fingerprint density at radius 2 is 1.54 bits per heavy atom. The molecule has 0 unspecified atom stereocenters. The van der Waals surface area contributed by atoms with Crippen molar-refractivity contribution in [2.45, 2.75) is 6.54 Å². The van der Waals surface area contributed by atoms with Crippen molar-refractivity contribution in [1.29, 1.82) is 0 Å². The maximum Gasteiger partial charge on any atom is 0.170 e. The lowest BCUT2D eigenvalue weighted by atomic mass is 10.2. The average Bonchev–Trinajstić information content (AvgIpc) is 3.31. The van der Waals surface area contributed by atoms with Crippen LogP contribution in [0.5, 0.6) is 0 Å². The maximum absolute atomic E-state index is 13.3. The summed E-state index contributed by atoms with van der Waals surface area (Å²) in [5.41, 5.74) is 4.23. The lowest BCUT2D eigenvalue weighted by Crippen LogP contribution is -2.46. The van der Waals surface area contributed by atoms with Crippen LogP contribution in [0.25, 0.3) is 28.2 Å². The highest BCUT2D eigenvalue weighted by Crippen LogP contribution is 2.35. The third-order valence-electron chi connectivity index (χ3n) is 6.62. The minimum atomic E-state index is -0.212. The van der Waals surface area contributed by atoms with Gasteiger partial charge in [0.05, 0.1) is 5.02 Å². The largest absolute Gasteiger partial charge is 0.352 e. The molecule has 1 fully saturated rings. The van der Waals surface area contributed by atoms with Crippen molar-refractivity contribution in [2.75, 3.05) is 31.1 Å². The summed E-state index contributed by atoms with van der Waals surface area (Å²) in [7, 11) is 0. The Balaban J connectivity index is 1.36. The van der Waals surface area contributed by atoms with Gasteiger partial charge in [-0.25, -0.2) is 19.3 Å². The molecule has 0 saturated carbocycles. The molecular weight excluding hydrogens is 510 g/mol. The number of nitrogens with zero attached hydrogens (tertiary/aromatic N) is 6. The Labute approximate surface area is 223 Å². The van der Waals surface area contributed by atoms with Gasteiger partial charge in [-0.2, -0.15) is 0 Å². The normalized spacial score (nSPS) is 14.4. The summed E-state index contributed by atoms with van der Waals surface area (Å²) in [5.74, 6) is 1.28. The van der Waals surface area contributed by atoms with E-state index < -0.39 is 0 Å². The van der Waals surface area contributed by atoms with Crippen LogP contribution in [0.3, 0.4) is 0 Å². The Morgan fingerprint density at radius 1 is 0.811 bits per heavy atom. The summed E-state index contributed by atoms with van der Waals surface area (Å²) in [6.45, 7) is 4.09. The molecule has 6 rings (SSSR count). The number of aromatic nitrogens is 4. The lowest BCUT2D eigenvalue weighted by molar-refractivity contribution is 0.249. The number of benzene rings is 3. The van der Waals surface area contributed by atoms with Crippen molar-refractivity contribution in [3.05, 3.63) is 101 Å². The molecule has 1 aliphatic heterocycles. The number of imidazole rings is 1. The summed E-state index contributed by atoms with van der Waals surface area (Å²) in [4.78, 5) is 18.9. The van der Waals surface area contributed by atoms with Gasteiger partial charge in [0.15, 0.2) is 17.0 Å². The zero-order valence-electron chi connectivity index (χ0n) is 19.9. The van der Waals surface area contributed by atoms with Crippen LogP contribution in [0, 0.1) is 5.82 Å². The molecule has 0 amide bonds. The van der Waals surface area contributed by atoms with E-state index in [0.29, 0.717) is 21.5 Å². The monoisotopic (exact) mass is 532 g/mol. The van der Waals surface area contributed by atoms with Gasteiger partial charge < -0.3 is 4.90 Å². The van der Waals surface area contributed by atoms with Crippen LogP contribution in [0.2, 0.25) is 10.0 Å². The van der Waals surface area contributed by atoms with E-state index in [4.69, 9.17) is 28.2 Å². The van der Waals surface area contributed by atoms with E-state index in [2.05, 4.69) is 19.8 Å². The zero-order valence-corrected chi connectivity index (χ0v) is 21.4. The van der Waals surface area contributed by atoms with Gasteiger partial charge in [0.2, 0.25) is 0 Å². The van der Waals surface area contributed by atoms with Gasteiger partial charge in [-0.15, -0.1) is 0 Å². The molecule has 0 bridgehead atoms. The van der Waals surface area contributed by atoms with Gasteiger partial charge in [-0.3, -0.25) is 9.47 Å². The quantitative estimate of drug-likeness (QED) is 0.267. The number of piperazine rings is 1. The molecule has 0 N–H and O–H groups in total. The molecule has 0 aliphatic carbocycles. The zero-order chi connectivity index (χ0) is 25.4. The second-order valence-corrected chi connectivity index (χ2v) is 9.83. The Kier molecular flexibility index (Phi) is 6.50. The maximum atomic E-state index is 13.3. The first-order valence-corrected chi connectivity index (χ1v) is 12.8. The van der Waals surface area contributed by atoms with Crippen LogP contribution < -0.4 is 4.90 Å². The fraction of sp³-hybridized carbons (Fsp3) is 0.179. The van der Waals surface area contributed by atoms with E-state index in [1.807, 2.05) is 65.2 Å². The van der Waals surface area contributed by atoms with Gasteiger partial charge >= 0.3 is 0 Å². The number of rotatable bonds is 5. The highest BCUT2D eigenvalue weighted by atomic mass is 35.5. The van der Waals surface area contributed by atoms with E-state index >= 15 is 0 Å². The van der Waals surface area contributed by atoms with Crippen molar-refractivity contribution in [3.63, 3.8) is 0 Å². The smallest absolute Gasteiger partial charge is 0.170 e. The first-order valence-electron chi connectivity index (χ1n) is 12.0. The summed E-state index contributed by atoms with van der Waals surface area (Å²) < 4.78 is 15.3. The van der Waals surface area contributed by atoms with Crippen LogP contribution >= 0.6 is 23.2 Å². The lowest BCUT2D eigenvalue weighted by Gasteiger charge is -2.35. The van der Waals surface area contributed by atoms with Crippen LogP contribution in [0.4, 0.5) is 10.2 Å². The van der Waals surface area contributed by atoms with E-state index in [1.54, 1.807) is 6.33 Å². The summed E-state index contributed by atoms with van der Waals surface area (Å²) >= 11 is 12.8. The predicted molar refractivity (Wildman–Crippen MR) is 146 cm³/mol. The third-order valence-corrected chi connectivity index (χ3v) is 7.20. The molecule has 9 heteroatoms. The molecule has 0 spiro atoms. The number of hydrogen-bond acceptors (Lipinski definition) is 5. The molecule has 0 radical (unpaired) electrons. The van der Waals surface area contributed by atoms with Crippen LogP contribution in [-0.2, 0) is 6.54 Å². The van der Waals surface area contributed by atoms with Gasteiger partial charge in [-0.1, -0.05) is 47.5 Å². The fourth-order valence-electron chi connectivity index (χ4n) is 4.74. The van der Waals surface area contributed by atoms with Crippen LogP contribution in [0.15, 0.2) is 79.1 Å². The molecule has 37 heavy (non-hydrogen) atoms. The van der Waals surface area contributed by atoms with Crippen molar-refractivity contribution in [2.24, 2.45) is 0 Å². The Hall–Kier alpha value is -3.52. The summed E-state index contributed by atoms with van der Waals surface area (Å²) in [6, 6.07) is 21.9. The molecule has 2 aromatic heterocycles. The molecule has 0 atom stereocenters. The Bertz CT molecular complexity index is 1540. The van der Waals surface area contributed by atoms with Crippen LogP contribution in [-0.4, -0.2) is 50.6 Å². The highest BCUT2D eigenvalue weighted by Gasteiger charge is 2.25. The van der Waals surface area contributed by atoms with Gasteiger partial charge in [-0.05, 0) is 54.1 Å². The molecule has 3 heterocycles. The first-order chi connectivity index (χ1) is 18.1. The SMILES string of the molecule is Fc1ccc(CN2CCN(c3ncnc4c3nc(-c3ccccc3Cl)n4-c3ccc(Cl)cc3)CC2)cc1. The molecule has 186 valence electrons. The second-order valence-electron chi connectivity index (χ2n) is 8.99. The molecule has 6 nitrogen and oxygen atoms in total. The van der Waals surface area contributed by atoms with E-state index in [-0.39, 0.29) is 5.82 Å². The molecule has 1 saturated heterocycles. The average molecular weight is 533 g/mol. The summed E-state index contributed by atoms with van der Waals surface area (Å²) in [6.07, 6.45) is 1.59. The van der Waals surface area contributed by atoms with Crippen molar-refractivity contribution < 1.29 is 4.39 Å². The van der Waals surface area contributed by atoms with Gasteiger partial charge in [0.25, 0.3) is 0 Å². The van der Waals surface area contributed by atoms with Crippen molar-refractivity contribution >= 4 is 40.2 Å². The topological polar surface area (TPSA) is 50.1 Å². The Morgan fingerprint density at radius 3 is 2.27 bits per heavy atom. The first kappa shape index (κ1) is 23.9. The van der Waals surface area contributed by atoms with E-state index in [0.717, 1.165) is 60.9 Å². The molecule has 5 aromatic rings. The molecule has 3 aromatic carbocycles. The predicted octanol–water partition coefficient (Wildman–Crippen LogP) is 6.25. The van der Waals surface area contributed by atoms with Crippen molar-refractivity contribution in [3.8, 4) is 17.1 Å². The molecule has 1 aliphatic rings. The third kappa shape index (κ3) is 4.78. The number of halogens is 3. The summed E-state index contributed by atoms with van der Waals surface area (Å²) in [5, 5.41) is 1.26. The number of hydrogen-bond donors (Lipinski definition) is 0. The fourth-order valence-corrected chi connectivity index (χ4v) is 5.08. The standard InChI is InChI=1S/C28H23Cl2FN6/c29-20-7-11-22(12-8-20)37-26(23-3-1-2-4-24(23)30)34-25-27(32-18-33-28(25)37)36-15-13-35(14-16-36)17-19-5-9-21(31)10-6-19/h1-12,18H,13-17H2. The van der Waals surface area contributed by atoms with Gasteiger partial charge in [0, 0.05) is 49.0 Å². The minimum absolute atomic E-state index is 0.212. The number of fused-ring (bicyclic) bond motifs is 1. The molecular formula is C28H23Cl2FN6. The van der Waals surface area contributed by atoms with E-state index in [9.17, 15) is 4.39 Å². The minimum Gasteiger partial charge on any atom is -0.352 e. The van der Waals surface area contributed by atoms with Crippen LogP contribution in [0.1, 0.15) is 5.56 Å². The van der Waals surface area contributed by atoms with Crippen molar-refractivity contribution in [1.82, 2.24) is 24.4 Å². The highest BCUT2D eigenvalue weighted by molar-refractivity contribution is 6.33. The second kappa shape index (κ2) is 10.1. The van der Waals surface area contributed by atoms with E-state index in [1.165, 1.54) is 12.1 Å². The number of anilines is 1. The van der Waals surface area contributed by atoms with Gasteiger partial charge in [0.1, 0.15) is 18.0 Å².